The van der Waals surface area contributed by atoms with Gasteiger partial charge < -0.3 is 14.2 Å². The molecule has 9 aromatic rings. The van der Waals surface area contributed by atoms with Crippen LogP contribution in [0.3, 0.4) is 0 Å². The molecule has 0 fully saturated rings. The summed E-state index contributed by atoms with van der Waals surface area (Å²) in [6.07, 6.45) is 0. The zero-order valence-electron chi connectivity index (χ0n) is 61.8. The average molecular weight is 705 g/mol. The quantitative estimate of drug-likeness (QED) is 0.178. The lowest BCUT2D eigenvalue weighted by molar-refractivity contribution is 0.632. The molecule has 0 atom stereocenters. The van der Waals surface area contributed by atoms with E-state index in [2.05, 4.69) is 0 Å². The van der Waals surface area contributed by atoms with Crippen molar-refractivity contribution in [1.29, 1.82) is 0 Å². The van der Waals surface area contributed by atoms with Crippen LogP contribution in [-0.2, 0) is 5.41 Å². The molecule has 0 N–H and O–H groups in total. The average Bonchev–Trinajstić information content (AvgIpc) is 0.716. The second-order valence-corrected chi connectivity index (χ2v) is 11.0. The van der Waals surface area contributed by atoms with E-state index in [1.807, 2.05) is 0 Å². The Bertz CT molecular complexity index is 4660. The van der Waals surface area contributed by atoms with E-state index in [9.17, 15) is 26.0 Å². The Morgan fingerprint density at radius 3 is 2.10 bits per heavy atom. The van der Waals surface area contributed by atoms with Crippen LogP contribution in [0.4, 0.5) is 34.1 Å². The zero-order valence-corrected chi connectivity index (χ0v) is 25.8. The van der Waals surface area contributed by atoms with Gasteiger partial charge in [-0.1, -0.05) is 147 Å². The molecule has 0 saturated heterocycles. The van der Waals surface area contributed by atoms with Crippen molar-refractivity contribution in [2.45, 2.75) is 19.1 Å². The summed E-state index contributed by atoms with van der Waals surface area (Å²) in [4.78, 5) is 0.465. The topological polar surface area (TPSA) is 19.6 Å². The molecule has 8 aromatic carbocycles. The number of benzene rings is 8. The zero-order chi connectivity index (χ0) is 65.9. The highest BCUT2D eigenvalue weighted by atomic mass is 16.3. The Hall–Kier alpha value is -6.58. The van der Waals surface area contributed by atoms with Gasteiger partial charge in [-0.15, -0.1) is 0 Å². The molecule has 1 aliphatic rings. The van der Waals surface area contributed by atoms with Gasteiger partial charge in [-0.05, 0) is 70.4 Å². The van der Waals surface area contributed by atoms with Crippen LogP contribution in [-0.4, -0.2) is 0 Å². The van der Waals surface area contributed by atoms with Gasteiger partial charge in [0.1, 0.15) is 5.58 Å². The summed E-state index contributed by atoms with van der Waals surface area (Å²) in [5.41, 5.74) is -19.8. The SMILES string of the molecule is [2H]c1c([2H])c([2H])c(-c2c([2H])c([2H])c3c([2H])c([2H])c([2H])c([2H])c3c2N2c3c([2H])c([2H])c([2H])c([2H])c3C(C([2H])([2H])[2H])(C([2H])([2H])[2H])c3c([2H])c(N(c4c([2H])c([2H])c([2H])c([2H])c4[2H])c4c([2H])c([2H])c([2H])c5c4oc4c([2H])c([2H])c([2H])c([2H])c45)c([2H])c([2H])c32)c([2H])c1[2H]. The van der Waals surface area contributed by atoms with E-state index in [-0.39, 0.29) is 9.80 Å². The molecule has 3 nitrogen and oxygen atoms in total. The summed E-state index contributed by atoms with van der Waals surface area (Å²) in [6, 6.07) is -37.5. The van der Waals surface area contributed by atoms with E-state index in [1.165, 1.54) is 0 Å². The number of hydrogen-bond acceptors (Lipinski definition) is 3. The first-order valence-electron chi connectivity index (χ1n) is 33.0. The minimum atomic E-state index is -4.39. The standard InChI is InChI=1S/C49H36N2O/c1-49(2)41-24-12-13-25-43(41)51(47-37-21-10-9-18-34(37)28-30-38(47)33-16-5-3-6-17-33)44-31-29-36(32-42(44)49)50(35-19-7-4-8-20-35)45-26-15-23-40-39-22-11-14-27-46(39)52-48(40)45/h3-32H,1-2H3/i1D3,2D3,3D,4D,5D,6D,7D,8D,9D,10D,11D,12D,13D,14D,15D,16D,17D,18D,19D,20D,21D,22D,23D,24D,25D,26D,27D,28D,29D,30D,31D,32D. The molecule has 1 aliphatic heterocycles. The second kappa shape index (κ2) is 11.8. The van der Waals surface area contributed by atoms with Crippen molar-refractivity contribution in [1.82, 2.24) is 0 Å². The fourth-order valence-corrected chi connectivity index (χ4v) is 5.98. The Labute approximate surface area is 354 Å². The molecule has 248 valence electrons. The first-order valence-corrected chi connectivity index (χ1v) is 15.0. The molecule has 52 heavy (non-hydrogen) atoms. The summed E-state index contributed by atoms with van der Waals surface area (Å²) in [5.74, 6) is 0. The van der Waals surface area contributed by atoms with E-state index in [0.717, 1.165) is 0 Å². The van der Waals surface area contributed by atoms with Crippen molar-refractivity contribution in [3.63, 3.8) is 0 Å². The first kappa shape index (κ1) is 11.0. The number of anilines is 6. The maximum atomic E-state index is 10.5. The third-order valence-corrected chi connectivity index (χ3v) is 8.17. The molecule has 0 saturated carbocycles. The molecular weight excluding hydrogens is 633 g/mol. The summed E-state index contributed by atoms with van der Waals surface area (Å²) in [6.45, 7) is -8.79. The lowest BCUT2D eigenvalue weighted by atomic mass is 9.73. The van der Waals surface area contributed by atoms with Crippen LogP contribution in [0.5, 0.6) is 0 Å². The summed E-state index contributed by atoms with van der Waals surface area (Å²) in [7, 11) is 0. The largest absolute Gasteiger partial charge is 0.454 e. The van der Waals surface area contributed by atoms with E-state index < -0.39 is 289 Å². The highest BCUT2D eigenvalue weighted by Crippen LogP contribution is 2.56. The third-order valence-electron chi connectivity index (χ3n) is 8.17. The number of rotatable bonds is 5. The van der Waals surface area contributed by atoms with Gasteiger partial charge in [0, 0.05) is 46.7 Å². The molecule has 1 aromatic heterocycles. The minimum absolute atomic E-state index is 0.189. The smallest absolute Gasteiger partial charge is 0.159 e. The van der Waals surface area contributed by atoms with Gasteiger partial charge in [-0.25, -0.2) is 0 Å². The maximum absolute atomic E-state index is 10.5. The normalized spacial score (nSPS) is 23.6. The van der Waals surface area contributed by atoms with Crippen LogP contribution in [0, 0.1) is 0 Å². The Morgan fingerprint density at radius 2 is 1.25 bits per heavy atom. The van der Waals surface area contributed by atoms with Crippen LogP contribution in [0.25, 0.3) is 43.8 Å². The lowest BCUT2D eigenvalue weighted by Crippen LogP contribution is -2.31. The van der Waals surface area contributed by atoms with Gasteiger partial charge in [0.25, 0.3) is 0 Å². The van der Waals surface area contributed by atoms with Crippen molar-refractivity contribution in [3.8, 4) is 11.1 Å². The molecule has 0 bridgehead atoms. The van der Waals surface area contributed by atoms with E-state index >= 15 is 0 Å². The van der Waals surface area contributed by atoms with E-state index in [4.69, 9.17) is 27.7 Å². The van der Waals surface area contributed by atoms with Crippen LogP contribution in [0.15, 0.2) is 186 Å². The molecule has 0 radical (unpaired) electrons. The van der Waals surface area contributed by atoms with Gasteiger partial charge in [0.05, 0.1) is 63.9 Å². The Balaban J connectivity index is 1.59. The fraction of sp³-hybridized carbons (Fsp3) is 0.0612. The second-order valence-electron chi connectivity index (χ2n) is 11.0. The number of furan rings is 1. The highest BCUT2D eigenvalue weighted by Gasteiger charge is 2.38. The van der Waals surface area contributed by atoms with Crippen LogP contribution >= 0.6 is 0 Å². The molecule has 0 unspecified atom stereocenters. The molecule has 0 spiro atoms. The first-order chi connectivity index (χ1) is 40.5. The predicted molar refractivity (Wildman–Crippen MR) is 218 cm³/mol. The molecular formula is C49H36N2O. The maximum Gasteiger partial charge on any atom is 0.159 e. The van der Waals surface area contributed by atoms with E-state index in [0.29, 0.717) is 0 Å². The third kappa shape index (κ3) is 4.59. The number of fused-ring (bicyclic) bond motifs is 6. The van der Waals surface area contributed by atoms with Crippen LogP contribution in [0.1, 0.15) is 74.2 Å². The predicted octanol–water partition coefficient (Wildman–Crippen LogP) is 14.0. The molecule has 2 heterocycles. The molecule has 3 heteroatoms. The summed E-state index contributed by atoms with van der Waals surface area (Å²) < 4.78 is 337. The van der Waals surface area contributed by atoms with Crippen molar-refractivity contribution >= 4 is 66.8 Å². The van der Waals surface area contributed by atoms with Gasteiger partial charge >= 0.3 is 0 Å². The van der Waals surface area contributed by atoms with Gasteiger partial charge in [0.15, 0.2) is 5.58 Å². The molecule has 10 rings (SSSR count). The number of nitrogens with zero attached hydrogens (tertiary/aromatic N) is 2. The minimum Gasteiger partial charge on any atom is -0.454 e. The van der Waals surface area contributed by atoms with Gasteiger partial charge in [-0.2, -0.15) is 0 Å². The summed E-state index contributed by atoms with van der Waals surface area (Å²) >= 11 is 0. The highest BCUT2D eigenvalue weighted by molar-refractivity contribution is 6.11. The van der Waals surface area contributed by atoms with E-state index in [1.54, 1.807) is 0 Å². The van der Waals surface area contributed by atoms with Gasteiger partial charge in [-0.3, -0.25) is 0 Å². The summed E-state index contributed by atoms with van der Waals surface area (Å²) in [5, 5.41) is -3.49. The molecule has 0 aliphatic carbocycles. The van der Waals surface area contributed by atoms with Crippen molar-refractivity contribution in [3.05, 3.63) is 192 Å². The Kier molecular flexibility index (Phi) is 2.48. The number of hydrogen-bond donors (Lipinski definition) is 0. The van der Waals surface area contributed by atoms with Crippen molar-refractivity contribution in [2.24, 2.45) is 0 Å². The van der Waals surface area contributed by atoms with Gasteiger partial charge in [0.2, 0.25) is 0 Å². The fourth-order valence-electron chi connectivity index (χ4n) is 5.98. The molecule has 0 amide bonds. The van der Waals surface area contributed by atoms with Crippen molar-refractivity contribution in [2.75, 3.05) is 9.80 Å². The number of para-hydroxylation sites is 4. The van der Waals surface area contributed by atoms with Crippen LogP contribution in [0.2, 0.25) is 0 Å². The lowest BCUT2D eigenvalue weighted by Gasteiger charge is -2.43. The Morgan fingerprint density at radius 1 is 0.558 bits per heavy atom. The monoisotopic (exact) mass is 705 g/mol. The van der Waals surface area contributed by atoms with Crippen molar-refractivity contribution < 1.29 is 53.8 Å². The van der Waals surface area contributed by atoms with Crippen LogP contribution < -0.4 is 9.80 Å².